The van der Waals surface area contributed by atoms with Crippen LogP contribution < -0.4 is 11.1 Å². The van der Waals surface area contributed by atoms with Crippen molar-refractivity contribution in [1.82, 2.24) is 0 Å². The van der Waals surface area contributed by atoms with Crippen molar-refractivity contribution in [3.63, 3.8) is 0 Å². The molecule has 7 nitrogen and oxygen atoms in total. The van der Waals surface area contributed by atoms with E-state index in [1.807, 2.05) is 25.1 Å². The van der Waals surface area contributed by atoms with Crippen molar-refractivity contribution in [1.29, 1.82) is 0 Å². The predicted molar refractivity (Wildman–Crippen MR) is 98.6 cm³/mol. The molecule has 1 unspecified atom stereocenters. The fourth-order valence-electron chi connectivity index (χ4n) is 2.90. The summed E-state index contributed by atoms with van der Waals surface area (Å²) in [6, 6.07) is 12.4. The Hall–Kier alpha value is -3.35. The number of methoxy groups -OCH3 is 1. The number of carbonyl (C=O) groups is 2. The second-order valence-electron chi connectivity index (χ2n) is 5.63. The van der Waals surface area contributed by atoms with E-state index >= 15 is 0 Å². The molecule has 0 aliphatic heterocycles. The van der Waals surface area contributed by atoms with Crippen LogP contribution in [0.1, 0.15) is 46.3 Å². The van der Waals surface area contributed by atoms with Crippen molar-refractivity contribution in [2.24, 2.45) is 10.9 Å². The van der Waals surface area contributed by atoms with Crippen molar-refractivity contribution in [3.05, 3.63) is 64.7 Å². The van der Waals surface area contributed by atoms with Crippen molar-refractivity contribution >= 4 is 23.9 Å². The van der Waals surface area contributed by atoms with E-state index in [9.17, 15) is 9.59 Å². The number of anilines is 1. The number of nitrogens with one attached hydrogen (secondary N) is 1. The van der Waals surface area contributed by atoms with Crippen LogP contribution in [0.3, 0.4) is 0 Å². The number of nitrogens with zero attached hydrogens (tertiary/aromatic N) is 1. The van der Waals surface area contributed by atoms with Gasteiger partial charge in [0, 0.05) is 17.2 Å². The first kappa shape index (κ1) is 19.0. The molecular formula is C19H21N3O4. The third-order valence-corrected chi connectivity index (χ3v) is 4.16. The number of rotatable bonds is 7. The van der Waals surface area contributed by atoms with Gasteiger partial charge in [0.15, 0.2) is 5.84 Å². The zero-order valence-corrected chi connectivity index (χ0v) is 14.6. The fourth-order valence-corrected chi connectivity index (χ4v) is 2.90. The lowest BCUT2D eigenvalue weighted by molar-refractivity contribution is -0.105. The molecule has 0 saturated heterocycles. The molecular weight excluding hydrogens is 334 g/mol. The minimum Gasteiger partial charge on any atom is -0.465 e. The van der Waals surface area contributed by atoms with E-state index in [4.69, 9.17) is 15.7 Å². The number of nitrogens with two attached hydrogens (primary N) is 1. The second kappa shape index (κ2) is 8.66. The highest BCUT2D eigenvalue weighted by atomic mass is 16.5. The molecule has 0 saturated carbocycles. The Morgan fingerprint density at radius 3 is 2.69 bits per heavy atom. The number of esters is 1. The van der Waals surface area contributed by atoms with Crippen molar-refractivity contribution in [2.75, 3.05) is 12.4 Å². The van der Waals surface area contributed by atoms with Crippen LogP contribution in [0.15, 0.2) is 47.6 Å². The van der Waals surface area contributed by atoms with E-state index in [0.717, 1.165) is 17.5 Å². The van der Waals surface area contributed by atoms with E-state index < -0.39 is 5.97 Å². The van der Waals surface area contributed by atoms with Crippen LogP contribution in [0, 0.1) is 0 Å². The third-order valence-electron chi connectivity index (χ3n) is 4.16. The number of benzene rings is 2. The minimum absolute atomic E-state index is 0.0222. The Bertz CT molecular complexity index is 833. The van der Waals surface area contributed by atoms with Gasteiger partial charge in [0.05, 0.1) is 12.7 Å². The lowest BCUT2D eigenvalue weighted by Crippen LogP contribution is -2.14. The highest BCUT2D eigenvalue weighted by Crippen LogP contribution is 2.34. The van der Waals surface area contributed by atoms with Gasteiger partial charge in [-0.1, -0.05) is 36.3 Å². The molecule has 0 bridgehead atoms. The number of oxime groups is 1. The Balaban J connectivity index is 2.53. The number of hydrogen-bond acceptors (Lipinski definition) is 5. The summed E-state index contributed by atoms with van der Waals surface area (Å²) in [7, 11) is 1.30. The Labute approximate surface area is 151 Å². The van der Waals surface area contributed by atoms with E-state index in [1.54, 1.807) is 24.3 Å². The van der Waals surface area contributed by atoms with E-state index in [1.165, 1.54) is 7.11 Å². The van der Waals surface area contributed by atoms with E-state index in [-0.39, 0.29) is 11.8 Å². The lowest BCUT2D eigenvalue weighted by Gasteiger charge is -2.20. The van der Waals surface area contributed by atoms with Gasteiger partial charge in [-0.2, -0.15) is 0 Å². The molecule has 136 valence electrons. The maximum absolute atomic E-state index is 11.8. The monoisotopic (exact) mass is 355 g/mol. The molecule has 1 amide bonds. The van der Waals surface area contributed by atoms with Crippen LogP contribution in [0.2, 0.25) is 0 Å². The van der Waals surface area contributed by atoms with Gasteiger partial charge < -0.3 is 21.0 Å². The van der Waals surface area contributed by atoms with Gasteiger partial charge >= 0.3 is 5.97 Å². The molecule has 0 aliphatic carbocycles. The summed E-state index contributed by atoms with van der Waals surface area (Å²) in [5, 5.41) is 14.6. The molecule has 0 aromatic heterocycles. The molecule has 2 aromatic carbocycles. The highest BCUT2D eigenvalue weighted by molar-refractivity contribution is 5.97. The number of amides is 1. The summed E-state index contributed by atoms with van der Waals surface area (Å²) in [6.07, 6.45) is 1.31. The number of ether oxygens (including phenoxy) is 1. The Morgan fingerprint density at radius 2 is 2.08 bits per heavy atom. The minimum atomic E-state index is -0.479. The maximum Gasteiger partial charge on any atom is 0.337 e. The van der Waals surface area contributed by atoms with Gasteiger partial charge in [-0.25, -0.2) is 4.79 Å². The summed E-state index contributed by atoms with van der Waals surface area (Å²) in [5.41, 5.74) is 8.95. The molecule has 0 spiro atoms. The maximum atomic E-state index is 11.8. The Kier molecular flexibility index (Phi) is 6.32. The standard InChI is InChI=1S/C19H21N3O4/c1-3-15(12-5-4-6-13(9-12)18(20)22-25)16-8-7-14(19(24)26-2)10-17(16)21-11-23/h4-11,15,25H,3H2,1-2H3,(H2,20,22)(H,21,23). The quantitative estimate of drug-likeness (QED) is 0.176. The molecule has 26 heavy (non-hydrogen) atoms. The second-order valence-corrected chi connectivity index (χ2v) is 5.63. The zero-order chi connectivity index (χ0) is 19.1. The van der Waals surface area contributed by atoms with Crippen molar-refractivity contribution < 1.29 is 19.5 Å². The average Bonchev–Trinajstić information content (AvgIpc) is 2.68. The third kappa shape index (κ3) is 4.00. The van der Waals surface area contributed by atoms with Crippen molar-refractivity contribution in [2.45, 2.75) is 19.3 Å². The van der Waals surface area contributed by atoms with Gasteiger partial charge in [-0.05, 0) is 35.7 Å². The smallest absolute Gasteiger partial charge is 0.337 e. The molecule has 1 atom stereocenters. The average molecular weight is 355 g/mol. The Morgan fingerprint density at radius 1 is 1.31 bits per heavy atom. The van der Waals surface area contributed by atoms with Crippen LogP contribution in [0.4, 0.5) is 5.69 Å². The first-order valence-corrected chi connectivity index (χ1v) is 8.06. The van der Waals surface area contributed by atoms with Gasteiger partial charge in [0.2, 0.25) is 6.41 Å². The van der Waals surface area contributed by atoms with E-state index in [2.05, 4.69) is 10.5 Å². The van der Waals surface area contributed by atoms with Crippen LogP contribution in [0.25, 0.3) is 0 Å². The summed E-state index contributed by atoms with van der Waals surface area (Å²) < 4.78 is 4.73. The molecule has 2 aromatic rings. The van der Waals surface area contributed by atoms with Gasteiger partial charge in [-0.3, -0.25) is 4.79 Å². The first-order chi connectivity index (χ1) is 12.5. The normalized spacial score (nSPS) is 12.3. The molecule has 0 heterocycles. The first-order valence-electron chi connectivity index (χ1n) is 8.06. The molecule has 4 N–H and O–H groups in total. The molecule has 0 radical (unpaired) electrons. The van der Waals surface area contributed by atoms with Crippen LogP contribution >= 0.6 is 0 Å². The summed E-state index contributed by atoms with van der Waals surface area (Å²) in [6.45, 7) is 2.01. The van der Waals surface area contributed by atoms with Crippen molar-refractivity contribution in [3.8, 4) is 0 Å². The van der Waals surface area contributed by atoms with Crippen LogP contribution in [-0.2, 0) is 9.53 Å². The SMILES string of the molecule is CCC(c1cccc(/C(N)=N/O)c1)c1ccc(C(=O)OC)cc1NC=O. The molecule has 0 aliphatic rings. The van der Waals surface area contributed by atoms with E-state index in [0.29, 0.717) is 23.2 Å². The molecule has 7 heteroatoms. The fraction of sp³-hybridized carbons (Fsp3) is 0.211. The summed E-state index contributed by atoms with van der Waals surface area (Å²) in [4.78, 5) is 22.8. The number of hydrogen-bond donors (Lipinski definition) is 3. The number of amidine groups is 1. The van der Waals surface area contributed by atoms with Gasteiger partial charge in [0.1, 0.15) is 0 Å². The summed E-state index contributed by atoms with van der Waals surface area (Å²) >= 11 is 0. The zero-order valence-electron chi connectivity index (χ0n) is 14.6. The highest BCUT2D eigenvalue weighted by Gasteiger charge is 2.19. The largest absolute Gasteiger partial charge is 0.465 e. The van der Waals surface area contributed by atoms with Gasteiger partial charge in [-0.15, -0.1) is 0 Å². The number of carbonyl (C=O) groups excluding carboxylic acids is 2. The summed E-state index contributed by atoms with van der Waals surface area (Å²) in [5.74, 6) is -0.517. The van der Waals surface area contributed by atoms with Crippen LogP contribution in [-0.4, -0.2) is 30.5 Å². The predicted octanol–water partition coefficient (Wildman–Crippen LogP) is 2.68. The lowest BCUT2D eigenvalue weighted by atomic mass is 9.86. The topological polar surface area (TPSA) is 114 Å². The molecule has 2 rings (SSSR count). The van der Waals surface area contributed by atoms with Crippen LogP contribution in [0.5, 0.6) is 0 Å². The van der Waals surface area contributed by atoms with Gasteiger partial charge in [0.25, 0.3) is 0 Å². The molecule has 0 fully saturated rings.